The van der Waals surface area contributed by atoms with Crippen molar-refractivity contribution in [3.05, 3.63) is 64.7 Å². The van der Waals surface area contributed by atoms with Crippen LogP contribution in [0.25, 0.3) is 0 Å². The normalized spacial score (nSPS) is 11.8. The Morgan fingerprint density at radius 2 is 1.96 bits per heavy atom. The maximum Gasteiger partial charge on any atom is 0.224 e. The minimum Gasteiger partial charge on any atom is -0.489 e. The topological polar surface area (TPSA) is 58.6 Å². The number of hydrogen-bond acceptors (Lipinski definition) is 3. The predicted octanol–water partition coefficient (Wildman–Crippen LogP) is 3.35. The van der Waals surface area contributed by atoms with E-state index in [4.69, 9.17) is 21.4 Å². The first-order valence-corrected chi connectivity index (χ1v) is 8.31. The summed E-state index contributed by atoms with van der Waals surface area (Å²) >= 11 is 5.86. The van der Waals surface area contributed by atoms with Gasteiger partial charge in [0.2, 0.25) is 5.91 Å². The highest BCUT2D eigenvalue weighted by Crippen LogP contribution is 2.17. The second kappa shape index (κ2) is 9.30. The number of benzene rings is 2. The van der Waals surface area contributed by atoms with Crippen LogP contribution in [-0.2, 0) is 17.8 Å². The second-order valence-electron chi connectivity index (χ2n) is 5.72. The Balaban J connectivity index is 1.88. The second-order valence-corrected chi connectivity index (χ2v) is 6.16. The molecule has 0 saturated carbocycles. The SMILES string of the molecule is CC(CCO)NC(=O)Cc1cccc(OCc2ccc(Cl)cc2)c1. The third kappa shape index (κ3) is 6.22. The molecule has 24 heavy (non-hydrogen) atoms. The van der Waals surface area contributed by atoms with Crippen LogP contribution in [0.15, 0.2) is 48.5 Å². The number of hydrogen-bond donors (Lipinski definition) is 2. The van der Waals surface area contributed by atoms with Crippen LogP contribution in [0.3, 0.4) is 0 Å². The van der Waals surface area contributed by atoms with Crippen LogP contribution in [0.5, 0.6) is 5.75 Å². The molecule has 2 aromatic carbocycles. The van der Waals surface area contributed by atoms with Gasteiger partial charge < -0.3 is 15.2 Å². The Hall–Kier alpha value is -2.04. The molecule has 2 aromatic rings. The number of amides is 1. The van der Waals surface area contributed by atoms with Gasteiger partial charge in [-0.15, -0.1) is 0 Å². The van der Waals surface area contributed by atoms with E-state index in [1.165, 1.54) is 0 Å². The number of carbonyl (C=O) groups is 1. The number of halogens is 1. The molecule has 1 amide bonds. The molecular weight excluding hydrogens is 326 g/mol. The molecule has 128 valence electrons. The first-order chi connectivity index (χ1) is 11.6. The first kappa shape index (κ1) is 18.3. The predicted molar refractivity (Wildman–Crippen MR) is 95.2 cm³/mol. The van der Waals surface area contributed by atoms with Crippen molar-refractivity contribution in [1.82, 2.24) is 5.32 Å². The molecule has 1 atom stereocenters. The Morgan fingerprint density at radius 1 is 1.21 bits per heavy atom. The maximum absolute atomic E-state index is 12.0. The summed E-state index contributed by atoms with van der Waals surface area (Å²) in [7, 11) is 0. The monoisotopic (exact) mass is 347 g/mol. The van der Waals surface area contributed by atoms with E-state index in [1.807, 2.05) is 55.5 Å². The Bertz CT molecular complexity index is 658. The van der Waals surface area contributed by atoms with Gasteiger partial charge in [-0.1, -0.05) is 35.9 Å². The van der Waals surface area contributed by atoms with E-state index < -0.39 is 0 Å². The lowest BCUT2D eigenvalue weighted by Crippen LogP contribution is -2.34. The van der Waals surface area contributed by atoms with Crippen molar-refractivity contribution in [2.75, 3.05) is 6.61 Å². The Kier molecular flexibility index (Phi) is 7.09. The highest BCUT2D eigenvalue weighted by Gasteiger charge is 2.08. The van der Waals surface area contributed by atoms with E-state index in [-0.39, 0.29) is 25.0 Å². The molecule has 5 heteroatoms. The highest BCUT2D eigenvalue weighted by atomic mass is 35.5. The zero-order valence-electron chi connectivity index (χ0n) is 13.7. The molecule has 2 N–H and O–H groups in total. The molecule has 0 aliphatic heterocycles. The van der Waals surface area contributed by atoms with Crippen LogP contribution >= 0.6 is 11.6 Å². The zero-order chi connectivity index (χ0) is 17.4. The molecule has 0 spiro atoms. The molecule has 0 fully saturated rings. The van der Waals surface area contributed by atoms with E-state index in [2.05, 4.69) is 5.32 Å². The van der Waals surface area contributed by atoms with Crippen LogP contribution < -0.4 is 10.1 Å². The Labute approximate surface area is 147 Å². The highest BCUT2D eigenvalue weighted by molar-refractivity contribution is 6.30. The van der Waals surface area contributed by atoms with Crippen LogP contribution in [-0.4, -0.2) is 23.7 Å². The number of ether oxygens (including phenoxy) is 1. The number of carbonyl (C=O) groups excluding carboxylic acids is 1. The average Bonchev–Trinajstić information content (AvgIpc) is 2.54. The summed E-state index contributed by atoms with van der Waals surface area (Å²) in [5, 5.41) is 12.4. The van der Waals surface area contributed by atoms with Crippen molar-refractivity contribution in [2.45, 2.75) is 32.4 Å². The maximum atomic E-state index is 12.0. The molecule has 2 rings (SSSR count). The van der Waals surface area contributed by atoms with Crippen molar-refractivity contribution >= 4 is 17.5 Å². The quantitative estimate of drug-likeness (QED) is 0.770. The minimum absolute atomic E-state index is 0.0353. The van der Waals surface area contributed by atoms with Gasteiger partial charge in [-0.25, -0.2) is 0 Å². The number of aliphatic hydroxyl groups excluding tert-OH is 1. The van der Waals surface area contributed by atoms with Crippen LogP contribution in [0.2, 0.25) is 5.02 Å². The molecule has 0 bridgehead atoms. The minimum atomic E-state index is -0.0641. The van der Waals surface area contributed by atoms with Crippen LogP contribution in [0.1, 0.15) is 24.5 Å². The van der Waals surface area contributed by atoms with Crippen molar-refractivity contribution in [3.8, 4) is 5.75 Å². The standard InChI is InChI=1S/C19H22ClNO3/c1-14(9-10-22)21-19(23)12-16-3-2-4-18(11-16)24-13-15-5-7-17(20)8-6-15/h2-8,11,14,22H,9-10,12-13H2,1H3,(H,21,23). The fourth-order valence-electron chi connectivity index (χ4n) is 2.27. The fraction of sp³-hybridized carbons (Fsp3) is 0.316. The lowest BCUT2D eigenvalue weighted by Gasteiger charge is -2.13. The van der Waals surface area contributed by atoms with Crippen molar-refractivity contribution in [2.24, 2.45) is 0 Å². The number of rotatable bonds is 8. The molecule has 0 heterocycles. The Morgan fingerprint density at radius 3 is 2.67 bits per heavy atom. The number of aliphatic hydroxyl groups is 1. The van der Waals surface area contributed by atoms with Gasteiger partial charge in [-0.2, -0.15) is 0 Å². The van der Waals surface area contributed by atoms with Gasteiger partial charge in [0.15, 0.2) is 0 Å². The molecular formula is C19H22ClNO3. The summed E-state index contributed by atoms with van der Waals surface area (Å²) in [4.78, 5) is 12.0. The van der Waals surface area contributed by atoms with Gasteiger partial charge in [0.25, 0.3) is 0 Å². The molecule has 0 aliphatic carbocycles. The zero-order valence-corrected chi connectivity index (χ0v) is 14.4. The van der Waals surface area contributed by atoms with E-state index in [0.29, 0.717) is 18.1 Å². The van der Waals surface area contributed by atoms with E-state index in [9.17, 15) is 4.79 Å². The summed E-state index contributed by atoms with van der Waals surface area (Å²) in [6.45, 7) is 2.38. The van der Waals surface area contributed by atoms with Gasteiger partial charge in [-0.05, 0) is 48.7 Å². The van der Waals surface area contributed by atoms with Crippen molar-refractivity contribution in [1.29, 1.82) is 0 Å². The van der Waals surface area contributed by atoms with E-state index in [0.717, 1.165) is 16.9 Å². The average molecular weight is 348 g/mol. The molecule has 0 aromatic heterocycles. The third-order valence-electron chi connectivity index (χ3n) is 3.55. The largest absolute Gasteiger partial charge is 0.489 e. The van der Waals surface area contributed by atoms with Crippen LogP contribution in [0.4, 0.5) is 0 Å². The van der Waals surface area contributed by atoms with Gasteiger partial charge >= 0.3 is 0 Å². The summed E-state index contributed by atoms with van der Waals surface area (Å²) in [5.74, 6) is 0.657. The number of nitrogens with one attached hydrogen (secondary N) is 1. The molecule has 0 radical (unpaired) electrons. The fourth-order valence-corrected chi connectivity index (χ4v) is 2.40. The van der Waals surface area contributed by atoms with Gasteiger partial charge in [-0.3, -0.25) is 4.79 Å². The summed E-state index contributed by atoms with van der Waals surface area (Å²) in [6, 6.07) is 15.0. The van der Waals surface area contributed by atoms with E-state index >= 15 is 0 Å². The molecule has 1 unspecified atom stereocenters. The molecule has 0 saturated heterocycles. The molecule has 4 nitrogen and oxygen atoms in total. The first-order valence-electron chi connectivity index (χ1n) is 7.93. The summed E-state index contributed by atoms with van der Waals surface area (Å²) < 4.78 is 5.77. The lowest BCUT2D eigenvalue weighted by atomic mass is 10.1. The van der Waals surface area contributed by atoms with Crippen molar-refractivity contribution in [3.63, 3.8) is 0 Å². The smallest absolute Gasteiger partial charge is 0.224 e. The van der Waals surface area contributed by atoms with Gasteiger partial charge in [0, 0.05) is 17.7 Å². The lowest BCUT2D eigenvalue weighted by molar-refractivity contribution is -0.121. The van der Waals surface area contributed by atoms with E-state index in [1.54, 1.807) is 0 Å². The summed E-state index contributed by atoms with van der Waals surface area (Å²) in [5.41, 5.74) is 1.91. The summed E-state index contributed by atoms with van der Waals surface area (Å²) in [6.07, 6.45) is 0.837. The van der Waals surface area contributed by atoms with Crippen LogP contribution in [0, 0.1) is 0 Å². The van der Waals surface area contributed by atoms with Crippen molar-refractivity contribution < 1.29 is 14.6 Å². The van der Waals surface area contributed by atoms with Gasteiger partial charge in [0.05, 0.1) is 6.42 Å². The van der Waals surface area contributed by atoms with Gasteiger partial charge in [0.1, 0.15) is 12.4 Å². The molecule has 0 aliphatic rings. The third-order valence-corrected chi connectivity index (χ3v) is 3.80.